The van der Waals surface area contributed by atoms with Gasteiger partial charge in [0.25, 0.3) is 0 Å². The molecule has 128 valence electrons. The van der Waals surface area contributed by atoms with Gasteiger partial charge in [0.1, 0.15) is 0 Å². The fraction of sp³-hybridized carbons (Fsp3) is 0.889. The van der Waals surface area contributed by atoms with E-state index in [-0.39, 0.29) is 6.04 Å². The van der Waals surface area contributed by atoms with Crippen LogP contribution in [-0.4, -0.2) is 24.4 Å². The molecule has 0 unspecified atom stereocenters. The smallest absolute Gasteiger partial charge is 0.309 e. The van der Waals surface area contributed by atoms with Gasteiger partial charge in [0, 0.05) is 12.6 Å². The van der Waals surface area contributed by atoms with Gasteiger partial charge in [-0.25, -0.2) is 0 Å². The van der Waals surface area contributed by atoms with Crippen molar-refractivity contribution < 1.29 is 9.59 Å². The van der Waals surface area contributed by atoms with Crippen molar-refractivity contribution in [3.63, 3.8) is 0 Å². The van der Waals surface area contributed by atoms with Crippen molar-refractivity contribution in [1.29, 1.82) is 0 Å². The second-order valence-corrected chi connectivity index (χ2v) is 6.72. The molecule has 2 amide bonds. The Labute approximate surface area is 135 Å². The van der Waals surface area contributed by atoms with Crippen molar-refractivity contribution in [2.24, 2.45) is 5.92 Å². The Bertz CT molecular complexity index is 331. The molecular weight excluding hydrogens is 276 g/mol. The van der Waals surface area contributed by atoms with E-state index in [0.717, 1.165) is 32.1 Å². The number of hydrogen-bond acceptors (Lipinski definition) is 2. The number of carbonyl (C=O) groups is 2. The van der Waals surface area contributed by atoms with E-state index in [2.05, 4.69) is 24.5 Å². The Morgan fingerprint density at radius 1 is 0.909 bits per heavy atom. The lowest BCUT2D eigenvalue weighted by Crippen LogP contribution is -2.47. The third-order valence-electron chi connectivity index (χ3n) is 4.70. The molecule has 2 N–H and O–H groups in total. The highest BCUT2D eigenvalue weighted by Gasteiger charge is 2.25. The van der Waals surface area contributed by atoms with E-state index >= 15 is 0 Å². The van der Waals surface area contributed by atoms with E-state index in [0.29, 0.717) is 12.5 Å². The first-order chi connectivity index (χ1) is 10.6. The van der Waals surface area contributed by atoms with Crippen molar-refractivity contribution in [2.75, 3.05) is 6.54 Å². The minimum atomic E-state index is -0.469. The Balaban J connectivity index is 2.05. The molecule has 0 saturated heterocycles. The van der Waals surface area contributed by atoms with Gasteiger partial charge in [0.15, 0.2) is 0 Å². The third kappa shape index (κ3) is 7.81. The lowest BCUT2D eigenvalue weighted by atomic mass is 9.86. The predicted octanol–water partition coefficient (Wildman–Crippen LogP) is 3.55. The van der Waals surface area contributed by atoms with Gasteiger partial charge >= 0.3 is 11.8 Å². The summed E-state index contributed by atoms with van der Waals surface area (Å²) >= 11 is 0. The zero-order valence-electron chi connectivity index (χ0n) is 14.5. The molecule has 0 aromatic carbocycles. The summed E-state index contributed by atoms with van der Waals surface area (Å²) < 4.78 is 0. The summed E-state index contributed by atoms with van der Waals surface area (Å²) in [6, 6.07) is 0.172. The first-order valence-electron chi connectivity index (χ1n) is 9.23. The predicted molar refractivity (Wildman–Crippen MR) is 90.6 cm³/mol. The van der Waals surface area contributed by atoms with Gasteiger partial charge in [-0.05, 0) is 25.2 Å². The Hall–Kier alpha value is -1.06. The van der Waals surface area contributed by atoms with Crippen molar-refractivity contribution in [1.82, 2.24) is 10.6 Å². The Kier molecular flexibility index (Phi) is 9.93. The molecule has 0 aromatic heterocycles. The number of unbranched alkanes of at least 4 members (excludes halogenated alkanes) is 6. The van der Waals surface area contributed by atoms with Gasteiger partial charge in [-0.1, -0.05) is 65.2 Å². The van der Waals surface area contributed by atoms with E-state index in [1.807, 2.05) is 0 Å². The minimum Gasteiger partial charge on any atom is -0.348 e. The summed E-state index contributed by atoms with van der Waals surface area (Å²) in [5, 5.41) is 5.63. The maximum atomic E-state index is 11.9. The summed E-state index contributed by atoms with van der Waals surface area (Å²) in [6.07, 6.45) is 13.0. The summed E-state index contributed by atoms with van der Waals surface area (Å²) in [6.45, 7) is 4.98. The lowest BCUT2D eigenvalue weighted by Gasteiger charge is -2.29. The molecule has 1 aliphatic rings. The molecule has 1 fully saturated rings. The number of carbonyl (C=O) groups excluding carboxylic acids is 2. The Morgan fingerprint density at radius 3 is 2.23 bits per heavy atom. The monoisotopic (exact) mass is 310 g/mol. The molecule has 4 heteroatoms. The molecule has 0 spiro atoms. The van der Waals surface area contributed by atoms with Crippen LogP contribution in [0.4, 0.5) is 0 Å². The highest BCUT2D eigenvalue weighted by Crippen LogP contribution is 2.23. The largest absolute Gasteiger partial charge is 0.348 e. The summed E-state index contributed by atoms with van der Waals surface area (Å²) in [7, 11) is 0. The minimum absolute atomic E-state index is 0.172. The van der Waals surface area contributed by atoms with Gasteiger partial charge in [0.2, 0.25) is 0 Å². The van der Waals surface area contributed by atoms with Gasteiger partial charge in [-0.3, -0.25) is 9.59 Å². The van der Waals surface area contributed by atoms with Gasteiger partial charge in [0.05, 0.1) is 0 Å². The molecule has 0 aliphatic heterocycles. The molecule has 4 nitrogen and oxygen atoms in total. The molecule has 0 bridgehead atoms. The first kappa shape index (κ1) is 19.0. The Morgan fingerprint density at radius 2 is 1.55 bits per heavy atom. The summed E-state index contributed by atoms with van der Waals surface area (Å²) in [4.78, 5) is 23.6. The molecule has 1 rings (SSSR count). The second-order valence-electron chi connectivity index (χ2n) is 6.72. The SMILES string of the molecule is CCCCCCCCCNC(=O)C(=O)N[C@H]1CCCC[C@H]1C. The van der Waals surface area contributed by atoms with Gasteiger partial charge < -0.3 is 10.6 Å². The maximum absolute atomic E-state index is 11.9. The van der Waals surface area contributed by atoms with Crippen molar-refractivity contribution in [3.8, 4) is 0 Å². The van der Waals surface area contributed by atoms with E-state index in [1.165, 1.54) is 38.5 Å². The maximum Gasteiger partial charge on any atom is 0.309 e. The van der Waals surface area contributed by atoms with Gasteiger partial charge in [-0.15, -0.1) is 0 Å². The fourth-order valence-corrected chi connectivity index (χ4v) is 3.13. The van der Waals surface area contributed by atoms with Crippen LogP contribution in [-0.2, 0) is 9.59 Å². The summed E-state index contributed by atoms with van der Waals surface area (Å²) in [5.41, 5.74) is 0. The number of amides is 2. The average molecular weight is 310 g/mol. The molecular formula is C18H34N2O2. The molecule has 0 heterocycles. The second kappa shape index (κ2) is 11.5. The number of hydrogen-bond donors (Lipinski definition) is 2. The van der Waals surface area contributed by atoms with Crippen molar-refractivity contribution in [3.05, 3.63) is 0 Å². The van der Waals surface area contributed by atoms with Crippen LogP contribution in [0, 0.1) is 5.92 Å². The van der Waals surface area contributed by atoms with E-state index < -0.39 is 11.8 Å². The van der Waals surface area contributed by atoms with E-state index in [4.69, 9.17) is 0 Å². The zero-order chi connectivity index (χ0) is 16.2. The third-order valence-corrected chi connectivity index (χ3v) is 4.70. The van der Waals surface area contributed by atoms with Crippen molar-refractivity contribution in [2.45, 2.75) is 90.5 Å². The normalized spacial score (nSPS) is 21.4. The molecule has 0 aromatic rings. The van der Waals surface area contributed by atoms with Crippen LogP contribution >= 0.6 is 0 Å². The van der Waals surface area contributed by atoms with Crippen LogP contribution in [0.15, 0.2) is 0 Å². The van der Waals surface area contributed by atoms with Crippen LogP contribution in [0.5, 0.6) is 0 Å². The standard InChI is InChI=1S/C18H34N2O2/c1-3-4-5-6-7-8-11-14-19-17(21)18(22)20-16-13-10-9-12-15(16)2/h15-16H,3-14H2,1-2H3,(H,19,21)(H,20,22)/t15-,16+/m1/s1. The highest BCUT2D eigenvalue weighted by atomic mass is 16.2. The van der Waals surface area contributed by atoms with E-state index in [9.17, 15) is 9.59 Å². The number of rotatable bonds is 9. The molecule has 22 heavy (non-hydrogen) atoms. The molecule has 1 saturated carbocycles. The molecule has 2 atom stereocenters. The summed E-state index contributed by atoms with van der Waals surface area (Å²) in [5.74, 6) is -0.445. The zero-order valence-corrected chi connectivity index (χ0v) is 14.5. The van der Waals surface area contributed by atoms with Crippen LogP contribution in [0.3, 0.4) is 0 Å². The average Bonchev–Trinajstić information content (AvgIpc) is 2.52. The quantitative estimate of drug-likeness (QED) is 0.505. The van der Waals surface area contributed by atoms with Gasteiger partial charge in [-0.2, -0.15) is 0 Å². The number of nitrogens with one attached hydrogen (secondary N) is 2. The topological polar surface area (TPSA) is 58.2 Å². The molecule has 0 radical (unpaired) electrons. The lowest BCUT2D eigenvalue weighted by molar-refractivity contribution is -0.140. The van der Waals surface area contributed by atoms with Crippen LogP contribution in [0.2, 0.25) is 0 Å². The fourth-order valence-electron chi connectivity index (χ4n) is 3.13. The molecule has 1 aliphatic carbocycles. The van der Waals surface area contributed by atoms with Crippen LogP contribution < -0.4 is 10.6 Å². The van der Waals surface area contributed by atoms with Crippen molar-refractivity contribution >= 4 is 11.8 Å². The van der Waals surface area contributed by atoms with Crippen LogP contribution in [0.1, 0.15) is 84.5 Å². The first-order valence-corrected chi connectivity index (χ1v) is 9.23. The van der Waals surface area contributed by atoms with Crippen LogP contribution in [0.25, 0.3) is 0 Å². The highest BCUT2D eigenvalue weighted by molar-refractivity contribution is 6.35. The van der Waals surface area contributed by atoms with E-state index in [1.54, 1.807) is 0 Å².